The molecular weight excluding hydrogens is 436 g/mol. The Kier molecular flexibility index (Phi) is 5.05. The first-order valence-corrected chi connectivity index (χ1v) is 11.8. The van der Waals surface area contributed by atoms with E-state index in [1.165, 1.54) is 6.08 Å². The zero-order chi connectivity index (χ0) is 24.1. The van der Waals surface area contributed by atoms with Crippen LogP contribution in [0.2, 0.25) is 0 Å². The summed E-state index contributed by atoms with van der Waals surface area (Å²) < 4.78 is 0. The molecule has 0 saturated heterocycles. The second-order valence-electron chi connectivity index (χ2n) is 9.17. The predicted molar refractivity (Wildman–Crippen MR) is 136 cm³/mol. The first-order chi connectivity index (χ1) is 17.0. The van der Waals surface area contributed by atoms with Crippen molar-refractivity contribution >= 4 is 34.2 Å². The number of hydrogen-bond donors (Lipinski definition) is 1. The van der Waals surface area contributed by atoms with Crippen LogP contribution in [-0.4, -0.2) is 22.5 Å². The summed E-state index contributed by atoms with van der Waals surface area (Å²) >= 11 is 0. The SMILES string of the molecule is O=C1\C(=C/C=C/C=C/C2C(=O)c3cc4ccccc4cc3C2O)C(=O)c2cc3c(cc21)C=CCC3. The third-order valence-electron chi connectivity index (χ3n) is 7.08. The molecule has 2 unspecified atom stereocenters. The van der Waals surface area contributed by atoms with Gasteiger partial charge < -0.3 is 5.11 Å². The van der Waals surface area contributed by atoms with Crippen molar-refractivity contribution in [2.45, 2.75) is 18.9 Å². The van der Waals surface area contributed by atoms with Crippen LogP contribution in [0.5, 0.6) is 0 Å². The van der Waals surface area contributed by atoms with Gasteiger partial charge in [-0.1, -0.05) is 60.7 Å². The molecule has 0 aromatic heterocycles. The molecule has 4 nitrogen and oxygen atoms in total. The maximum Gasteiger partial charge on any atom is 0.197 e. The van der Waals surface area contributed by atoms with E-state index in [-0.39, 0.29) is 22.9 Å². The van der Waals surface area contributed by atoms with Gasteiger partial charge in [-0.3, -0.25) is 14.4 Å². The Morgan fingerprint density at radius 3 is 2.37 bits per heavy atom. The summed E-state index contributed by atoms with van der Waals surface area (Å²) in [6, 6.07) is 15.2. The fraction of sp³-hybridized carbons (Fsp3) is 0.129. The number of benzene rings is 3. The van der Waals surface area contributed by atoms with E-state index in [2.05, 4.69) is 6.08 Å². The molecule has 0 spiro atoms. The second kappa shape index (κ2) is 8.26. The van der Waals surface area contributed by atoms with Crippen LogP contribution in [0.3, 0.4) is 0 Å². The van der Waals surface area contributed by atoms with E-state index in [1.807, 2.05) is 54.6 Å². The lowest BCUT2D eigenvalue weighted by atomic mass is 9.93. The zero-order valence-electron chi connectivity index (χ0n) is 18.9. The van der Waals surface area contributed by atoms with Gasteiger partial charge in [-0.05, 0) is 70.6 Å². The van der Waals surface area contributed by atoms with E-state index in [1.54, 1.807) is 24.3 Å². The largest absolute Gasteiger partial charge is 0.387 e. The predicted octanol–water partition coefficient (Wildman–Crippen LogP) is 5.76. The van der Waals surface area contributed by atoms with Gasteiger partial charge in [0.1, 0.15) is 0 Å². The number of carbonyl (C=O) groups is 3. The molecule has 3 aliphatic carbocycles. The second-order valence-corrected chi connectivity index (χ2v) is 9.17. The molecular formula is C31H22O4. The number of aliphatic hydroxyl groups excluding tert-OH is 1. The van der Waals surface area contributed by atoms with E-state index >= 15 is 0 Å². The van der Waals surface area contributed by atoms with E-state index in [0.717, 1.165) is 34.7 Å². The lowest BCUT2D eigenvalue weighted by Gasteiger charge is -2.11. The minimum absolute atomic E-state index is 0.115. The van der Waals surface area contributed by atoms with Crippen molar-refractivity contribution in [3.8, 4) is 0 Å². The van der Waals surface area contributed by atoms with E-state index in [9.17, 15) is 19.5 Å². The minimum atomic E-state index is -0.905. The van der Waals surface area contributed by atoms with Crippen molar-refractivity contribution in [3.05, 3.63) is 124 Å². The molecule has 0 saturated carbocycles. The summed E-state index contributed by atoms with van der Waals surface area (Å²) in [5.74, 6) is -1.29. The fourth-order valence-electron chi connectivity index (χ4n) is 5.23. The first-order valence-electron chi connectivity index (χ1n) is 11.8. The van der Waals surface area contributed by atoms with Gasteiger partial charge in [-0.25, -0.2) is 0 Å². The highest BCUT2D eigenvalue weighted by Gasteiger charge is 2.37. The van der Waals surface area contributed by atoms with Crippen molar-refractivity contribution in [1.29, 1.82) is 0 Å². The Morgan fingerprint density at radius 1 is 0.829 bits per heavy atom. The van der Waals surface area contributed by atoms with E-state index < -0.39 is 12.0 Å². The Labute approximate surface area is 202 Å². The normalized spacial score (nSPS) is 22.1. The molecule has 0 radical (unpaired) electrons. The molecule has 35 heavy (non-hydrogen) atoms. The highest BCUT2D eigenvalue weighted by molar-refractivity contribution is 6.39. The number of Topliss-reactive ketones (excluding diaryl/α,β-unsaturated/α-hetero) is 3. The van der Waals surface area contributed by atoms with Crippen molar-refractivity contribution in [2.24, 2.45) is 5.92 Å². The van der Waals surface area contributed by atoms with Crippen molar-refractivity contribution < 1.29 is 19.5 Å². The number of fused-ring (bicyclic) bond motifs is 4. The molecule has 2 atom stereocenters. The monoisotopic (exact) mass is 458 g/mol. The van der Waals surface area contributed by atoms with Gasteiger partial charge in [0.05, 0.1) is 17.6 Å². The maximum atomic E-state index is 12.9. The zero-order valence-corrected chi connectivity index (χ0v) is 18.9. The number of carbonyl (C=O) groups excluding carboxylic acids is 3. The van der Waals surface area contributed by atoms with Crippen LogP contribution < -0.4 is 0 Å². The van der Waals surface area contributed by atoms with Gasteiger partial charge >= 0.3 is 0 Å². The van der Waals surface area contributed by atoms with Crippen LogP contribution in [-0.2, 0) is 6.42 Å². The molecule has 170 valence electrons. The molecule has 0 bridgehead atoms. The average molecular weight is 459 g/mol. The third-order valence-corrected chi connectivity index (χ3v) is 7.08. The van der Waals surface area contributed by atoms with Gasteiger partial charge in [0.25, 0.3) is 0 Å². The quantitative estimate of drug-likeness (QED) is 0.308. The van der Waals surface area contributed by atoms with Gasteiger partial charge in [0, 0.05) is 16.7 Å². The van der Waals surface area contributed by atoms with Crippen LogP contribution >= 0.6 is 0 Å². The summed E-state index contributed by atoms with van der Waals surface area (Å²) in [5.41, 5.74) is 4.38. The molecule has 3 aromatic rings. The summed E-state index contributed by atoms with van der Waals surface area (Å²) in [4.78, 5) is 38.6. The Bertz CT molecular complexity index is 1560. The lowest BCUT2D eigenvalue weighted by molar-refractivity contribution is 0.0833. The average Bonchev–Trinajstić information content (AvgIpc) is 3.25. The summed E-state index contributed by atoms with van der Waals surface area (Å²) in [7, 11) is 0. The van der Waals surface area contributed by atoms with E-state index in [0.29, 0.717) is 22.3 Å². The molecule has 3 aromatic carbocycles. The van der Waals surface area contributed by atoms with Crippen LogP contribution in [0.1, 0.15) is 60.3 Å². The minimum Gasteiger partial charge on any atom is -0.387 e. The standard InChI is InChI=1S/C31H22O4/c32-28-22(29(33)25-15-19-9-5-4-8-18(19)14-24(25)28)12-2-1-3-13-23-30(34)26-16-20-10-6-7-11-21(20)17-27(26)31(23)35/h1-6,8-10,12-17,22,28,32H,7,11H2/b3-1+,12-2+,23-13+. The number of rotatable bonds is 3. The summed E-state index contributed by atoms with van der Waals surface area (Å²) in [5, 5.41) is 12.7. The number of aliphatic hydroxyl groups is 1. The van der Waals surface area contributed by atoms with Gasteiger partial charge in [-0.2, -0.15) is 0 Å². The van der Waals surface area contributed by atoms with Crippen LogP contribution in [0.4, 0.5) is 0 Å². The van der Waals surface area contributed by atoms with Crippen molar-refractivity contribution in [3.63, 3.8) is 0 Å². The molecule has 0 heterocycles. The van der Waals surface area contributed by atoms with E-state index in [4.69, 9.17) is 0 Å². The topological polar surface area (TPSA) is 71.4 Å². The Hall–Kier alpha value is -4.15. The Balaban J connectivity index is 1.20. The smallest absolute Gasteiger partial charge is 0.197 e. The van der Waals surface area contributed by atoms with Crippen LogP contribution in [0.25, 0.3) is 16.8 Å². The van der Waals surface area contributed by atoms with Crippen molar-refractivity contribution in [2.75, 3.05) is 0 Å². The highest BCUT2D eigenvalue weighted by Crippen LogP contribution is 2.39. The first kappa shape index (κ1) is 21.4. The van der Waals surface area contributed by atoms with Crippen molar-refractivity contribution in [1.82, 2.24) is 0 Å². The molecule has 6 rings (SSSR count). The third kappa shape index (κ3) is 3.46. The van der Waals surface area contributed by atoms with Gasteiger partial charge in [-0.15, -0.1) is 0 Å². The Morgan fingerprint density at radius 2 is 1.57 bits per heavy atom. The number of aryl methyl sites for hydroxylation is 1. The van der Waals surface area contributed by atoms with Crippen LogP contribution in [0, 0.1) is 5.92 Å². The molecule has 0 aliphatic heterocycles. The molecule has 1 N–H and O–H groups in total. The number of allylic oxidation sites excluding steroid dienone is 6. The summed E-state index contributed by atoms with van der Waals surface area (Å²) in [6.07, 6.45) is 13.1. The lowest BCUT2D eigenvalue weighted by Crippen LogP contribution is -2.10. The molecule has 4 heteroatoms. The maximum absolute atomic E-state index is 12.9. The number of hydrogen-bond acceptors (Lipinski definition) is 4. The number of ketones is 3. The van der Waals surface area contributed by atoms with Gasteiger partial charge in [0.2, 0.25) is 0 Å². The fourth-order valence-corrected chi connectivity index (χ4v) is 5.23. The van der Waals surface area contributed by atoms with Crippen LogP contribution in [0.15, 0.2) is 90.6 Å². The highest BCUT2D eigenvalue weighted by atomic mass is 16.3. The van der Waals surface area contributed by atoms with Gasteiger partial charge in [0.15, 0.2) is 17.3 Å². The molecule has 0 fully saturated rings. The summed E-state index contributed by atoms with van der Waals surface area (Å²) in [6.45, 7) is 0. The molecule has 0 amide bonds. The molecule has 3 aliphatic rings.